The van der Waals surface area contributed by atoms with Gasteiger partial charge < -0.3 is 19.5 Å². The van der Waals surface area contributed by atoms with Crippen LogP contribution in [0.15, 0.2) is 36.4 Å². The zero-order valence-electron chi connectivity index (χ0n) is 17.9. The molecule has 174 valence electrons. The highest BCUT2D eigenvalue weighted by molar-refractivity contribution is 5.81. The van der Waals surface area contributed by atoms with Crippen molar-refractivity contribution in [1.82, 2.24) is 19.9 Å². The normalized spacial score (nSPS) is 19.3. The first kappa shape index (κ1) is 21.5. The Balaban J connectivity index is 1.32. The number of fused-ring (bicyclic) bond motifs is 1. The molecule has 10 heteroatoms. The maximum Gasteiger partial charge on any atom is 0.573 e. The molecule has 3 aromatic rings. The number of halogens is 3. The third-order valence-corrected chi connectivity index (χ3v) is 6.20. The Labute approximate surface area is 188 Å². The van der Waals surface area contributed by atoms with E-state index in [1.165, 1.54) is 24.3 Å². The Morgan fingerprint density at radius 1 is 1.00 bits per heavy atom. The standard InChI is InChI=1S/C23H24F3N5O2/c24-23(25,26)33-17-7-5-15(6-8-17)20-27-18-9-10-19(28-21(18)29-20)31-13-3-4-16(14-31)22(32)30-11-1-2-12-30/h5-10,16H,1-4,11-14H2,(H,27,28,29). The number of H-pyrrole nitrogens is 1. The number of carbonyl (C=O) groups is 1. The van der Waals surface area contributed by atoms with E-state index in [1.807, 2.05) is 17.0 Å². The summed E-state index contributed by atoms with van der Waals surface area (Å²) in [4.78, 5) is 29.3. The van der Waals surface area contributed by atoms with Crippen LogP contribution < -0.4 is 9.64 Å². The van der Waals surface area contributed by atoms with Crippen LogP contribution in [0.2, 0.25) is 0 Å². The van der Waals surface area contributed by atoms with Gasteiger partial charge in [0.1, 0.15) is 17.4 Å². The molecule has 0 spiro atoms. The number of aromatic nitrogens is 3. The lowest BCUT2D eigenvalue weighted by molar-refractivity contribution is -0.274. The molecular weight excluding hydrogens is 435 g/mol. The number of pyridine rings is 1. The van der Waals surface area contributed by atoms with Crippen molar-refractivity contribution < 1.29 is 22.7 Å². The molecule has 1 N–H and O–H groups in total. The summed E-state index contributed by atoms with van der Waals surface area (Å²) < 4.78 is 41.0. The zero-order chi connectivity index (χ0) is 23.0. The Bertz CT molecular complexity index is 1140. The van der Waals surface area contributed by atoms with Crippen molar-refractivity contribution in [2.45, 2.75) is 32.0 Å². The second-order valence-corrected chi connectivity index (χ2v) is 8.52. The van der Waals surface area contributed by atoms with Gasteiger partial charge in [0.25, 0.3) is 0 Å². The number of likely N-dealkylation sites (tertiary alicyclic amines) is 1. The maximum atomic E-state index is 12.8. The molecule has 7 nitrogen and oxygen atoms in total. The molecule has 2 saturated heterocycles. The highest BCUT2D eigenvalue weighted by Gasteiger charge is 2.32. The van der Waals surface area contributed by atoms with Crippen molar-refractivity contribution in [3.8, 4) is 17.1 Å². The molecule has 1 atom stereocenters. The van der Waals surface area contributed by atoms with Gasteiger partial charge in [0.2, 0.25) is 5.91 Å². The Hall–Kier alpha value is -3.30. The van der Waals surface area contributed by atoms with E-state index in [0.29, 0.717) is 23.6 Å². The quantitative estimate of drug-likeness (QED) is 0.628. The fourth-order valence-corrected chi connectivity index (χ4v) is 4.59. The van der Waals surface area contributed by atoms with E-state index in [0.717, 1.165) is 56.7 Å². The van der Waals surface area contributed by atoms with Gasteiger partial charge in [-0.05, 0) is 62.1 Å². The van der Waals surface area contributed by atoms with E-state index in [2.05, 4.69) is 24.6 Å². The van der Waals surface area contributed by atoms with E-state index < -0.39 is 6.36 Å². The first-order chi connectivity index (χ1) is 15.9. The number of nitrogens with zero attached hydrogens (tertiary/aromatic N) is 4. The second-order valence-electron chi connectivity index (χ2n) is 8.52. The van der Waals surface area contributed by atoms with Crippen LogP contribution in [-0.4, -0.2) is 58.3 Å². The van der Waals surface area contributed by atoms with Crippen molar-refractivity contribution >= 4 is 22.9 Å². The lowest BCUT2D eigenvalue weighted by Crippen LogP contribution is -2.44. The first-order valence-corrected chi connectivity index (χ1v) is 11.1. The molecule has 1 unspecified atom stereocenters. The molecule has 2 aromatic heterocycles. The molecule has 2 aliphatic heterocycles. The number of nitrogens with one attached hydrogen (secondary N) is 1. The van der Waals surface area contributed by atoms with Crippen LogP contribution in [0.3, 0.4) is 0 Å². The summed E-state index contributed by atoms with van der Waals surface area (Å²) in [6.07, 6.45) is -0.732. The second kappa shape index (κ2) is 8.57. The van der Waals surface area contributed by atoms with Crippen LogP contribution in [0.25, 0.3) is 22.6 Å². The predicted octanol–water partition coefficient (Wildman–Crippen LogP) is 4.36. The maximum absolute atomic E-state index is 12.8. The van der Waals surface area contributed by atoms with Crippen LogP contribution in [-0.2, 0) is 4.79 Å². The number of anilines is 1. The number of piperidine rings is 1. The number of amides is 1. The predicted molar refractivity (Wildman–Crippen MR) is 117 cm³/mol. The average molecular weight is 459 g/mol. The molecule has 1 amide bonds. The third kappa shape index (κ3) is 4.74. The highest BCUT2D eigenvalue weighted by atomic mass is 19.4. The number of ether oxygens (including phenoxy) is 1. The van der Waals surface area contributed by atoms with Gasteiger partial charge in [-0.3, -0.25) is 4.79 Å². The fraction of sp³-hybridized carbons (Fsp3) is 0.435. The van der Waals surface area contributed by atoms with E-state index in [-0.39, 0.29) is 17.6 Å². The minimum atomic E-state index is -4.73. The first-order valence-electron chi connectivity index (χ1n) is 11.1. The molecule has 2 fully saturated rings. The molecule has 2 aliphatic rings. The van der Waals surface area contributed by atoms with Crippen LogP contribution in [0.4, 0.5) is 19.0 Å². The molecule has 1 aromatic carbocycles. The number of alkyl halides is 3. The van der Waals surface area contributed by atoms with Gasteiger partial charge in [-0.2, -0.15) is 0 Å². The van der Waals surface area contributed by atoms with Crippen LogP contribution in [0.5, 0.6) is 5.75 Å². The molecule has 4 heterocycles. The highest BCUT2D eigenvalue weighted by Crippen LogP contribution is 2.28. The minimum absolute atomic E-state index is 0.0125. The van der Waals surface area contributed by atoms with Gasteiger partial charge in [-0.25, -0.2) is 9.97 Å². The van der Waals surface area contributed by atoms with E-state index in [4.69, 9.17) is 0 Å². The number of carbonyl (C=O) groups excluding carboxylic acids is 1. The summed E-state index contributed by atoms with van der Waals surface area (Å²) in [6.45, 7) is 3.20. The number of benzene rings is 1. The number of rotatable bonds is 4. The lowest BCUT2D eigenvalue weighted by atomic mass is 9.96. The molecule has 0 bridgehead atoms. The monoisotopic (exact) mass is 459 g/mol. The zero-order valence-corrected chi connectivity index (χ0v) is 17.9. The van der Waals surface area contributed by atoms with Crippen molar-refractivity contribution in [2.75, 3.05) is 31.1 Å². The number of hydrogen-bond donors (Lipinski definition) is 1. The SMILES string of the molecule is O=C(C1CCCN(c2ccc3[nH]c(-c4ccc(OC(F)(F)F)cc4)nc3n2)C1)N1CCCC1. The molecular formula is C23H24F3N5O2. The van der Waals surface area contributed by atoms with Gasteiger partial charge in [0, 0.05) is 31.7 Å². The van der Waals surface area contributed by atoms with Gasteiger partial charge in [-0.1, -0.05) is 0 Å². The van der Waals surface area contributed by atoms with Crippen molar-refractivity contribution in [1.29, 1.82) is 0 Å². The summed E-state index contributed by atoms with van der Waals surface area (Å²) in [7, 11) is 0. The van der Waals surface area contributed by atoms with Crippen molar-refractivity contribution in [3.63, 3.8) is 0 Å². The van der Waals surface area contributed by atoms with Gasteiger partial charge in [0.15, 0.2) is 5.65 Å². The van der Waals surface area contributed by atoms with Gasteiger partial charge >= 0.3 is 6.36 Å². The lowest BCUT2D eigenvalue weighted by Gasteiger charge is -2.34. The molecule has 0 radical (unpaired) electrons. The van der Waals surface area contributed by atoms with Crippen LogP contribution in [0.1, 0.15) is 25.7 Å². The summed E-state index contributed by atoms with van der Waals surface area (Å²) >= 11 is 0. The topological polar surface area (TPSA) is 74.3 Å². The third-order valence-electron chi connectivity index (χ3n) is 6.20. The molecule has 0 saturated carbocycles. The summed E-state index contributed by atoms with van der Waals surface area (Å²) in [5.74, 6) is 1.23. The molecule has 33 heavy (non-hydrogen) atoms. The van der Waals surface area contributed by atoms with Gasteiger partial charge in [0.05, 0.1) is 11.4 Å². The van der Waals surface area contributed by atoms with Crippen LogP contribution in [0, 0.1) is 5.92 Å². The van der Waals surface area contributed by atoms with Crippen LogP contribution >= 0.6 is 0 Å². The Morgan fingerprint density at radius 2 is 1.76 bits per heavy atom. The molecule has 5 rings (SSSR count). The van der Waals surface area contributed by atoms with Gasteiger partial charge in [-0.15, -0.1) is 13.2 Å². The summed E-state index contributed by atoms with van der Waals surface area (Å²) in [6, 6.07) is 9.33. The Kier molecular flexibility index (Phi) is 5.59. The summed E-state index contributed by atoms with van der Waals surface area (Å²) in [5, 5.41) is 0. The smallest absolute Gasteiger partial charge is 0.406 e. The van der Waals surface area contributed by atoms with Crippen molar-refractivity contribution in [3.05, 3.63) is 36.4 Å². The largest absolute Gasteiger partial charge is 0.573 e. The van der Waals surface area contributed by atoms with E-state index in [9.17, 15) is 18.0 Å². The van der Waals surface area contributed by atoms with Crippen molar-refractivity contribution in [2.24, 2.45) is 5.92 Å². The Morgan fingerprint density at radius 3 is 2.48 bits per heavy atom. The molecule has 0 aliphatic carbocycles. The number of hydrogen-bond acceptors (Lipinski definition) is 5. The fourth-order valence-electron chi connectivity index (χ4n) is 4.59. The average Bonchev–Trinajstić information content (AvgIpc) is 3.48. The minimum Gasteiger partial charge on any atom is -0.406 e. The van der Waals surface area contributed by atoms with E-state index >= 15 is 0 Å². The number of aromatic amines is 1. The summed E-state index contributed by atoms with van der Waals surface area (Å²) in [5.41, 5.74) is 1.87. The number of imidazole rings is 1. The van der Waals surface area contributed by atoms with E-state index in [1.54, 1.807) is 0 Å².